The fourth-order valence-corrected chi connectivity index (χ4v) is 2.98. The predicted octanol–water partition coefficient (Wildman–Crippen LogP) is 1.70. The van der Waals surface area contributed by atoms with E-state index in [0.717, 1.165) is 13.0 Å². The Morgan fingerprint density at radius 2 is 1.90 bits per heavy atom. The first-order valence-corrected chi connectivity index (χ1v) is 9.66. The molecule has 0 saturated heterocycles. The largest absolute Gasteiger partial charge is 0.492 e. The van der Waals surface area contributed by atoms with Crippen LogP contribution in [0, 0.1) is 0 Å². The third-order valence-corrected chi connectivity index (χ3v) is 5.52. The van der Waals surface area contributed by atoms with Crippen molar-refractivity contribution in [2.75, 3.05) is 33.0 Å². The number of sulfonamides is 1. The summed E-state index contributed by atoms with van der Waals surface area (Å²) in [5, 5.41) is 3.42. The van der Waals surface area contributed by atoms with E-state index in [9.17, 15) is 8.42 Å². The Hall–Kier alpha value is -0.760. The Bertz CT molecular complexity index is 503. The van der Waals surface area contributed by atoms with Gasteiger partial charge in [-0.15, -0.1) is 0 Å². The summed E-state index contributed by atoms with van der Waals surface area (Å²) >= 11 is 1.73. The van der Waals surface area contributed by atoms with E-state index in [1.165, 1.54) is 0 Å². The third-order valence-electron chi connectivity index (χ3n) is 3.00. The molecule has 0 aliphatic carbocycles. The summed E-state index contributed by atoms with van der Waals surface area (Å²) in [5.41, 5.74) is 0. The molecule has 2 N–H and O–H groups in total. The van der Waals surface area contributed by atoms with Crippen molar-refractivity contribution >= 4 is 21.8 Å². The van der Waals surface area contributed by atoms with Gasteiger partial charge in [0, 0.05) is 18.3 Å². The van der Waals surface area contributed by atoms with Crippen molar-refractivity contribution < 1.29 is 13.2 Å². The molecule has 0 aliphatic rings. The number of benzene rings is 1. The molecule has 0 aromatic heterocycles. The van der Waals surface area contributed by atoms with Crippen LogP contribution in [0.2, 0.25) is 0 Å². The van der Waals surface area contributed by atoms with Crippen LogP contribution < -0.4 is 14.8 Å². The van der Waals surface area contributed by atoms with Gasteiger partial charge in [0.2, 0.25) is 10.0 Å². The van der Waals surface area contributed by atoms with E-state index in [1.807, 2.05) is 13.3 Å². The predicted molar refractivity (Wildman–Crippen MR) is 88.6 cm³/mol. The van der Waals surface area contributed by atoms with Crippen molar-refractivity contribution in [1.82, 2.24) is 10.0 Å². The van der Waals surface area contributed by atoms with Crippen molar-refractivity contribution in [1.29, 1.82) is 0 Å². The average molecular weight is 332 g/mol. The van der Waals surface area contributed by atoms with E-state index in [4.69, 9.17) is 4.74 Å². The van der Waals surface area contributed by atoms with E-state index < -0.39 is 10.0 Å². The van der Waals surface area contributed by atoms with Gasteiger partial charge in [-0.2, -0.15) is 11.8 Å². The fourth-order valence-electron chi connectivity index (χ4n) is 1.58. The first-order chi connectivity index (χ1) is 9.99. The van der Waals surface area contributed by atoms with Gasteiger partial charge in [-0.25, -0.2) is 13.1 Å². The zero-order valence-electron chi connectivity index (χ0n) is 12.8. The van der Waals surface area contributed by atoms with Crippen molar-refractivity contribution in [3.8, 4) is 5.75 Å². The molecule has 0 heterocycles. The summed E-state index contributed by atoms with van der Waals surface area (Å²) in [7, 11) is -1.58. The van der Waals surface area contributed by atoms with E-state index in [0.29, 0.717) is 24.2 Å². The van der Waals surface area contributed by atoms with Crippen molar-refractivity contribution in [3.05, 3.63) is 24.3 Å². The number of nitrogens with one attached hydrogen (secondary N) is 2. The fraction of sp³-hybridized carbons (Fsp3) is 0.571. The lowest BCUT2D eigenvalue weighted by atomic mass is 10.3. The molecule has 0 amide bonds. The van der Waals surface area contributed by atoms with Gasteiger partial charge in [-0.05, 0) is 44.0 Å². The minimum Gasteiger partial charge on any atom is -0.492 e. The first-order valence-electron chi connectivity index (χ1n) is 6.89. The summed E-state index contributed by atoms with van der Waals surface area (Å²) in [4.78, 5) is 0.264. The molecule has 1 rings (SSSR count). The van der Waals surface area contributed by atoms with Crippen LogP contribution in [0.25, 0.3) is 0 Å². The van der Waals surface area contributed by atoms with Gasteiger partial charge < -0.3 is 10.1 Å². The highest BCUT2D eigenvalue weighted by Gasteiger charge is 2.13. The number of rotatable bonds is 10. The average Bonchev–Trinajstić information content (AvgIpc) is 2.47. The number of hydrogen-bond acceptors (Lipinski definition) is 5. The van der Waals surface area contributed by atoms with Crippen LogP contribution >= 0.6 is 11.8 Å². The smallest absolute Gasteiger partial charge is 0.240 e. The monoisotopic (exact) mass is 332 g/mol. The molecule has 1 atom stereocenters. The molecule has 0 saturated carbocycles. The maximum atomic E-state index is 12.1. The number of ether oxygens (including phenoxy) is 1. The highest BCUT2D eigenvalue weighted by Crippen LogP contribution is 2.16. The first kappa shape index (κ1) is 18.3. The van der Waals surface area contributed by atoms with Crippen LogP contribution in [0.1, 0.15) is 13.3 Å². The molecule has 120 valence electrons. The normalized spacial score (nSPS) is 13.1. The van der Waals surface area contributed by atoms with Crippen molar-refractivity contribution in [3.63, 3.8) is 0 Å². The second kappa shape index (κ2) is 9.30. The Morgan fingerprint density at radius 3 is 2.48 bits per heavy atom. The highest BCUT2D eigenvalue weighted by atomic mass is 32.2. The van der Waals surface area contributed by atoms with Crippen LogP contribution in [-0.2, 0) is 10.0 Å². The second-order valence-electron chi connectivity index (χ2n) is 4.66. The van der Waals surface area contributed by atoms with Gasteiger partial charge in [0.1, 0.15) is 12.4 Å². The molecular formula is C14H24N2O3S2. The van der Waals surface area contributed by atoms with E-state index in [1.54, 1.807) is 36.0 Å². The Labute approximate surface area is 131 Å². The summed E-state index contributed by atoms with van der Waals surface area (Å²) in [6.45, 7) is 3.82. The van der Waals surface area contributed by atoms with Crippen LogP contribution in [-0.4, -0.2) is 46.7 Å². The Morgan fingerprint density at radius 1 is 1.24 bits per heavy atom. The summed E-state index contributed by atoms with van der Waals surface area (Å²) in [6, 6.07) is 6.48. The lowest BCUT2D eigenvalue weighted by Gasteiger charge is -2.10. The molecule has 0 bridgehead atoms. The van der Waals surface area contributed by atoms with E-state index in [2.05, 4.69) is 17.0 Å². The SMILES string of the molecule is CNCCOc1ccc(S(=O)(=O)NCCC(C)SC)cc1. The van der Waals surface area contributed by atoms with Gasteiger partial charge >= 0.3 is 0 Å². The molecule has 0 aliphatic heterocycles. The van der Waals surface area contributed by atoms with Gasteiger partial charge in [-0.1, -0.05) is 6.92 Å². The maximum absolute atomic E-state index is 12.1. The molecule has 0 fully saturated rings. The Balaban J connectivity index is 2.54. The van der Waals surface area contributed by atoms with Gasteiger partial charge in [0.15, 0.2) is 0 Å². The zero-order chi connectivity index (χ0) is 15.7. The molecule has 1 aromatic rings. The molecule has 1 aromatic carbocycles. The summed E-state index contributed by atoms with van der Waals surface area (Å²) in [5.74, 6) is 0.667. The molecule has 0 radical (unpaired) electrons. The van der Waals surface area contributed by atoms with Crippen molar-refractivity contribution in [2.24, 2.45) is 0 Å². The van der Waals surface area contributed by atoms with Crippen molar-refractivity contribution in [2.45, 2.75) is 23.5 Å². The van der Waals surface area contributed by atoms with Crippen LogP contribution in [0.15, 0.2) is 29.2 Å². The van der Waals surface area contributed by atoms with Crippen LogP contribution in [0.4, 0.5) is 0 Å². The third kappa shape index (κ3) is 6.69. The molecule has 0 spiro atoms. The molecule has 7 heteroatoms. The lowest BCUT2D eigenvalue weighted by molar-refractivity contribution is 0.318. The zero-order valence-corrected chi connectivity index (χ0v) is 14.4. The molecule has 1 unspecified atom stereocenters. The Kier molecular flexibility index (Phi) is 8.10. The number of hydrogen-bond donors (Lipinski definition) is 2. The highest BCUT2D eigenvalue weighted by molar-refractivity contribution is 7.99. The number of likely N-dealkylation sites (N-methyl/N-ethyl adjacent to an activating group) is 1. The number of thioether (sulfide) groups is 1. The van der Waals surface area contributed by atoms with E-state index >= 15 is 0 Å². The quantitative estimate of drug-likeness (QED) is 0.639. The van der Waals surface area contributed by atoms with Crippen LogP contribution in [0.5, 0.6) is 5.75 Å². The van der Waals surface area contributed by atoms with Crippen LogP contribution in [0.3, 0.4) is 0 Å². The lowest BCUT2D eigenvalue weighted by Crippen LogP contribution is -2.26. The topological polar surface area (TPSA) is 67.4 Å². The van der Waals surface area contributed by atoms with Gasteiger partial charge in [0.05, 0.1) is 4.90 Å². The molecule has 5 nitrogen and oxygen atoms in total. The minimum absolute atomic E-state index is 0.264. The minimum atomic E-state index is -3.43. The van der Waals surface area contributed by atoms with E-state index in [-0.39, 0.29) is 4.90 Å². The molecule has 21 heavy (non-hydrogen) atoms. The standard InChI is InChI=1S/C14H24N2O3S2/c1-12(20-3)8-9-16-21(17,18)14-6-4-13(5-7-14)19-11-10-15-2/h4-7,12,15-16H,8-11H2,1-3H3. The second-order valence-corrected chi connectivity index (χ2v) is 7.70. The molecular weight excluding hydrogens is 308 g/mol. The van der Waals surface area contributed by atoms with Gasteiger partial charge in [-0.3, -0.25) is 0 Å². The summed E-state index contributed by atoms with van der Waals surface area (Å²) < 4.78 is 32.3. The maximum Gasteiger partial charge on any atom is 0.240 e. The summed E-state index contributed by atoms with van der Waals surface area (Å²) in [6.07, 6.45) is 2.83. The van der Waals surface area contributed by atoms with Gasteiger partial charge in [0.25, 0.3) is 0 Å².